The standard InChI is InChI=1S/C14H21NO6P2/c1-10(2)14(16)15-13-6-11(8-22(17)20-3)5-12(7-13)9-23(18,19)21-4/h5-7,17H,1,8-9H2,2-4H3,(H,15,16)(H,18,19). The largest absolute Gasteiger partial charge is 0.350 e. The first-order chi connectivity index (χ1) is 10.7. The van der Waals surface area contributed by atoms with Crippen LogP contribution in [-0.4, -0.2) is 29.9 Å². The number of amides is 1. The molecule has 128 valence electrons. The summed E-state index contributed by atoms with van der Waals surface area (Å²) in [5, 5.41) is 2.65. The van der Waals surface area contributed by atoms with Gasteiger partial charge in [-0.05, 0) is 30.2 Å². The Bertz CT molecular complexity index is 634. The van der Waals surface area contributed by atoms with Crippen molar-refractivity contribution < 1.29 is 28.2 Å². The number of rotatable bonds is 8. The highest BCUT2D eigenvalue weighted by molar-refractivity contribution is 7.51. The first-order valence-corrected chi connectivity index (χ1v) is 9.80. The van der Waals surface area contributed by atoms with Crippen LogP contribution in [0.4, 0.5) is 5.69 Å². The summed E-state index contributed by atoms with van der Waals surface area (Å²) in [6.45, 7) is 5.13. The molecule has 0 aliphatic heterocycles. The Morgan fingerprint density at radius 1 is 1.35 bits per heavy atom. The molecule has 0 radical (unpaired) electrons. The first kappa shape index (κ1) is 20.0. The summed E-state index contributed by atoms with van der Waals surface area (Å²) in [6, 6.07) is 4.92. The number of anilines is 1. The topological polar surface area (TPSA) is 105 Å². The molecule has 0 aliphatic rings. The minimum Gasteiger partial charge on any atom is -0.350 e. The van der Waals surface area contributed by atoms with Crippen molar-refractivity contribution in [1.82, 2.24) is 0 Å². The van der Waals surface area contributed by atoms with E-state index >= 15 is 0 Å². The lowest BCUT2D eigenvalue weighted by Gasteiger charge is -2.14. The van der Waals surface area contributed by atoms with Crippen molar-refractivity contribution in [1.29, 1.82) is 0 Å². The van der Waals surface area contributed by atoms with Crippen LogP contribution < -0.4 is 5.32 Å². The van der Waals surface area contributed by atoms with Crippen LogP contribution >= 0.6 is 16.0 Å². The molecule has 0 saturated carbocycles. The van der Waals surface area contributed by atoms with E-state index in [9.17, 15) is 19.1 Å². The molecule has 1 aromatic rings. The van der Waals surface area contributed by atoms with Crippen LogP contribution in [0.3, 0.4) is 0 Å². The quantitative estimate of drug-likeness (QED) is 0.486. The maximum atomic E-state index is 11.7. The number of carbonyl (C=O) groups is 1. The third kappa shape index (κ3) is 6.92. The number of nitrogens with one attached hydrogen (secondary N) is 1. The molecule has 1 aromatic carbocycles. The lowest BCUT2D eigenvalue weighted by Crippen LogP contribution is -2.12. The molecule has 0 heterocycles. The van der Waals surface area contributed by atoms with E-state index in [0.717, 1.165) is 7.11 Å². The fourth-order valence-electron chi connectivity index (χ4n) is 1.77. The molecule has 0 fully saturated rings. The van der Waals surface area contributed by atoms with E-state index in [2.05, 4.69) is 16.4 Å². The second-order valence-corrected chi connectivity index (χ2v) is 8.29. The van der Waals surface area contributed by atoms with Gasteiger partial charge in [-0.3, -0.25) is 9.36 Å². The molecule has 1 rings (SSSR count). The highest BCUT2D eigenvalue weighted by atomic mass is 31.2. The Hall–Kier alpha value is -1.07. The molecule has 0 aliphatic carbocycles. The van der Waals surface area contributed by atoms with E-state index in [1.807, 2.05) is 0 Å². The molecule has 23 heavy (non-hydrogen) atoms. The average molecular weight is 361 g/mol. The summed E-state index contributed by atoms with van der Waals surface area (Å²) < 4.78 is 21.2. The van der Waals surface area contributed by atoms with Gasteiger partial charge in [-0.15, -0.1) is 0 Å². The van der Waals surface area contributed by atoms with E-state index in [4.69, 9.17) is 4.52 Å². The van der Waals surface area contributed by atoms with Gasteiger partial charge in [0.25, 0.3) is 5.91 Å². The van der Waals surface area contributed by atoms with E-state index in [1.165, 1.54) is 7.11 Å². The van der Waals surface area contributed by atoms with Gasteiger partial charge in [0, 0.05) is 31.6 Å². The van der Waals surface area contributed by atoms with Crippen LogP contribution in [-0.2, 0) is 30.7 Å². The average Bonchev–Trinajstić information content (AvgIpc) is 2.46. The van der Waals surface area contributed by atoms with Crippen LogP contribution in [0, 0.1) is 0 Å². The fourth-order valence-corrected chi connectivity index (χ4v) is 3.17. The van der Waals surface area contributed by atoms with Crippen molar-refractivity contribution in [3.63, 3.8) is 0 Å². The van der Waals surface area contributed by atoms with Crippen molar-refractivity contribution in [3.05, 3.63) is 41.5 Å². The second-order valence-electron chi connectivity index (χ2n) is 4.94. The maximum absolute atomic E-state index is 11.7. The van der Waals surface area contributed by atoms with Gasteiger partial charge in [0.2, 0.25) is 0 Å². The molecule has 2 unspecified atom stereocenters. The zero-order chi connectivity index (χ0) is 17.6. The molecule has 0 aromatic heterocycles. The van der Waals surface area contributed by atoms with Crippen LogP contribution in [0.1, 0.15) is 18.1 Å². The SMILES string of the molecule is C=C(C)C(=O)Nc1cc(CP(O)OC)cc(CP(=O)(O)OC)c1. The van der Waals surface area contributed by atoms with E-state index in [-0.39, 0.29) is 18.2 Å². The number of hydrogen-bond acceptors (Lipinski definition) is 5. The van der Waals surface area contributed by atoms with Crippen LogP contribution in [0.2, 0.25) is 0 Å². The van der Waals surface area contributed by atoms with Crippen LogP contribution in [0.25, 0.3) is 0 Å². The zero-order valence-corrected chi connectivity index (χ0v) is 15.1. The smallest absolute Gasteiger partial charge is 0.332 e. The second kappa shape index (κ2) is 8.69. The van der Waals surface area contributed by atoms with Gasteiger partial charge >= 0.3 is 7.60 Å². The Morgan fingerprint density at radius 3 is 2.48 bits per heavy atom. The molecule has 0 saturated heterocycles. The predicted molar refractivity (Wildman–Crippen MR) is 90.3 cm³/mol. The van der Waals surface area contributed by atoms with E-state index in [1.54, 1.807) is 25.1 Å². The van der Waals surface area contributed by atoms with Crippen LogP contribution in [0.5, 0.6) is 0 Å². The number of hydrogen-bond donors (Lipinski definition) is 3. The molecule has 0 bridgehead atoms. The van der Waals surface area contributed by atoms with Crippen molar-refractivity contribution in [2.45, 2.75) is 19.2 Å². The zero-order valence-electron chi connectivity index (χ0n) is 13.3. The molecule has 2 atom stereocenters. The lowest BCUT2D eigenvalue weighted by atomic mass is 10.1. The van der Waals surface area contributed by atoms with Crippen molar-refractivity contribution in [3.8, 4) is 0 Å². The molecule has 3 N–H and O–H groups in total. The van der Waals surface area contributed by atoms with Gasteiger partial charge in [-0.25, -0.2) is 0 Å². The Balaban J connectivity index is 3.13. The summed E-state index contributed by atoms with van der Waals surface area (Å²) in [7, 11) is -2.84. The molecule has 9 heteroatoms. The van der Waals surface area contributed by atoms with Crippen LogP contribution in [0.15, 0.2) is 30.4 Å². The normalized spacial score (nSPS) is 14.8. The maximum Gasteiger partial charge on any atom is 0.332 e. The molecular formula is C14H21NO6P2. The monoisotopic (exact) mass is 361 g/mol. The highest BCUT2D eigenvalue weighted by Crippen LogP contribution is 2.45. The predicted octanol–water partition coefficient (Wildman–Crippen LogP) is 2.98. The number of carbonyl (C=O) groups excluding carboxylic acids is 1. The van der Waals surface area contributed by atoms with Gasteiger partial charge in [0.05, 0.1) is 6.16 Å². The van der Waals surface area contributed by atoms with Crippen molar-refractivity contribution in [2.24, 2.45) is 0 Å². The molecule has 7 nitrogen and oxygen atoms in total. The summed E-state index contributed by atoms with van der Waals surface area (Å²) in [5.41, 5.74) is 1.96. The van der Waals surface area contributed by atoms with Gasteiger partial charge in [0.15, 0.2) is 8.38 Å². The Labute approximate surface area is 136 Å². The van der Waals surface area contributed by atoms with Gasteiger partial charge < -0.3 is 24.2 Å². The van der Waals surface area contributed by atoms with Crippen molar-refractivity contribution >= 4 is 27.6 Å². The molecular weight excluding hydrogens is 340 g/mol. The summed E-state index contributed by atoms with van der Waals surface area (Å²) in [5.74, 6) is -0.356. The fraction of sp³-hybridized carbons (Fsp3) is 0.357. The van der Waals surface area contributed by atoms with E-state index < -0.39 is 16.0 Å². The molecule has 0 spiro atoms. The minimum absolute atomic E-state index is 0.205. The summed E-state index contributed by atoms with van der Waals surface area (Å²) >= 11 is 0. The minimum atomic E-state index is -3.75. The van der Waals surface area contributed by atoms with Gasteiger partial charge in [-0.2, -0.15) is 0 Å². The molecule has 1 amide bonds. The third-order valence-corrected chi connectivity index (χ3v) is 5.29. The van der Waals surface area contributed by atoms with E-state index in [0.29, 0.717) is 22.4 Å². The Morgan fingerprint density at radius 2 is 1.96 bits per heavy atom. The van der Waals surface area contributed by atoms with Crippen molar-refractivity contribution in [2.75, 3.05) is 19.5 Å². The first-order valence-electron chi connectivity index (χ1n) is 6.64. The summed E-state index contributed by atoms with van der Waals surface area (Å²) in [6.07, 6.45) is 0.0297. The van der Waals surface area contributed by atoms with Gasteiger partial charge in [-0.1, -0.05) is 12.6 Å². The summed E-state index contributed by atoms with van der Waals surface area (Å²) in [4.78, 5) is 31.0. The lowest BCUT2D eigenvalue weighted by molar-refractivity contribution is -0.112. The Kier molecular flexibility index (Phi) is 7.55. The third-order valence-electron chi connectivity index (χ3n) is 2.89. The van der Waals surface area contributed by atoms with Gasteiger partial charge in [0.1, 0.15) is 0 Å². The number of benzene rings is 1. The highest BCUT2D eigenvalue weighted by Gasteiger charge is 2.19.